The van der Waals surface area contributed by atoms with Crippen LogP contribution >= 0.6 is 11.8 Å². The number of halogens is 1. The van der Waals surface area contributed by atoms with Gasteiger partial charge in [-0.25, -0.2) is 4.39 Å². The van der Waals surface area contributed by atoms with E-state index in [0.717, 1.165) is 11.8 Å². The first-order chi connectivity index (χ1) is 7.43. The van der Waals surface area contributed by atoms with E-state index in [4.69, 9.17) is 0 Å². The summed E-state index contributed by atoms with van der Waals surface area (Å²) in [5.41, 5.74) is -0.0253. The third-order valence-electron chi connectivity index (χ3n) is 1.89. The van der Waals surface area contributed by atoms with E-state index in [0.29, 0.717) is 4.90 Å². The molecule has 0 fully saturated rings. The standard InChI is InChI=1S/C11H12FNO2S/c1-7(14)10-8(12)5-4-6-9(10)16-11(15)13(2)3/h4-6H,1-3H3. The second-order valence-corrected chi connectivity index (χ2v) is 4.42. The molecule has 0 spiro atoms. The van der Waals surface area contributed by atoms with Gasteiger partial charge in [-0.2, -0.15) is 0 Å². The number of carbonyl (C=O) groups excluding carboxylic acids is 2. The minimum atomic E-state index is -0.593. The Morgan fingerprint density at radius 3 is 2.44 bits per heavy atom. The van der Waals surface area contributed by atoms with E-state index >= 15 is 0 Å². The summed E-state index contributed by atoms with van der Waals surface area (Å²) in [4.78, 5) is 24.4. The Morgan fingerprint density at radius 1 is 1.31 bits per heavy atom. The molecule has 5 heteroatoms. The first kappa shape index (κ1) is 12.7. The quantitative estimate of drug-likeness (QED) is 0.590. The fourth-order valence-electron chi connectivity index (χ4n) is 1.12. The van der Waals surface area contributed by atoms with E-state index in [1.165, 1.54) is 24.0 Å². The van der Waals surface area contributed by atoms with Gasteiger partial charge in [0.15, 0.2) is 5.78 Å². The maximum absolute atomic E-state index is 13.4. The molecule has 0 aliphatic heterocycles. The van der Waals surface area contributed by atoms with Gasteiger partial charge in [0.2, 0.25) is 0 Å². The van der Waals surface area contributed by atoms with Crippen molar-refractivity contribution in [3.05, 3.63) is 29.6 Å². The van der Waals surface area contributed by atoms with Crippen LogP contribution in [0.15, 0.2) is 23.1 Å². The number of benzene rings is 1. The monoisotopic (exact) mass is 241 g/mol. The average Bonchev–Trinajstić information content (AvgIpc) is 2.16. The van der Waals surface area contributed by atoms with Crippen molar-refractivity contribution in [2.75, 3.05) is 14.1 Å². The Balaban J connectivity index is 3.09. The van der Waals surface area contributed by atoms with Gasteiger partial charge in [0.25, 0.3) is 5.24 Å². The van der Waals surface area contributed by atoms with Crippen LogP contribution in [0.1, 0.15) is 17.3 Å². The van der Waals surface area contributed by atoms with E-state index in [2.05, 4.69) is 0 Å². The van der Waals surface area contributed by atoms with Crippen molar-refractivity contribution in [2.24, 2.45) is 0 Å². The lowest BCUT2D eigenvalue weighted by atomic mass is 10.1. The second-order valence-electron chi connectivity index (χ2n) is 3.43. The van der Waals surface area contributed by atoms with Crippen LogP contribution in [0.4, 0.5) is 9.18 Å². The normalized spacial score (nSPS) is 10.0. The summed E-state index contributed by atoms with van der Waals surface area (Å²) in [5, 5.41) is -0.242. The number of hydrogen-bond acceptors (Lipinski definition) is 3. The maximum atomic E-state index is 13.4. The van der Waals surface area contributed by atoms with Gasteiger partial charge in [0, 0.05) is 19.0 Å². The smallest absolute Gasteiger partial charge is 0.285 e. The van der Waals surface area contributed by atoms with E-state index in [9.17, 15) is 14.0 Å². The van der Waals surface area contributed by atoms with Gasteiger partial charge >= 0.3 is 0 Å². The van der Waals surface area contributed by atoms with Crippen LogP contribution in [0.3, 0.4) is 0 Å². The van der Waals surface area contributed by atoms with Crippen LogP contribution < -0.4 is 0 Å². The third kappa shape index (κ3) is 2.82. The lowest BCUT2D eigenvalue weighted by molar-refractivity contribution is 0.101. The molecule has 16 heavy (non-hydrogen) atoms. The Bertz CT molecular complexity index is 432. The van der Waals surface area contributed by atoms with Crippen LogP contribution in [0.5, 0.6) is 0 Å². The van der Waals surface area contributed by atoms with Gasteiger partial charge < -0.3 is 4.90 Å². The Kier molecular flexibility index (Phi) is 4.06. The first-order valence-corrected chi connectivity index (χ1v) is 5.43. The number of rotatable bonds is 2. The maximum Gasteiger partial charge on any atom is 0.285 e. The van der Waals surface area contributed by atoms with E-state index in [1.54, 1.807) is 20.2 Å². The highest BCUT2D eigenvalue weighted by atomic mass is 32.2. The summed E-state index contributed by atoms with van der Waals surface area (Å²) in [6.07, 6.45) is 0. The highest BCUT2D eigenvalue weighted by Crippen LogP contribution is 2.26. The minimum absolute atomic E-state index is 0.0253. The predicted molar refractivity (Wildman–Crippen MR) is 61.3 cm³/mol. The summed E-state index contributed by atoms with van der Waals surface area (Å²) in [7, 11) is 3.20. The molecule has 0 heterocycles. The lowest BCUT2D eigenvalue weighted by Gasteiger charge is -2.11. The Hall–Kier alpha value is -1.36. The van der Waals surface area contributed by atoms with Crippen LogP contribution in [0, 0.1) is 5.82 Å². The SMILES string of the molecule is CC(=O)c1c(F)cccc1SC(=O)N(C)C. The van der Waals surface area contributed by atoms with Crippen molar-refractivity contribution in [3.8, 4) is 0 Å². The number of ketones is 1. The van der Waals surface area contributed by atoms with Gasteiger partial charge in [-0.3, -0.25) is 9.59 Å². The van der Waals surface area contributed by atoms with E-state index in [1.807, 2.05) is 0 Å². The molecule has 0 N–H and O–H groups in total. The van der Waals surface area contributed by atoms with Gasteiger partial charge in [0.1, 0.15) is 5.82 Å². The summed E-state index contributed by atoms with van der Waals surface area (Å²) in [6.45, 7) is 1.28. The van der Waals surface area contributed by atoms with Crippen molar-refractivity contribution in [1.29, 1.82) is 0 Å². The van der Waals surface area contributed by atoms with Crippen LogP contribution in [-0.4, -0.2) is 30.0 Å². The number of hydrogen-bond donors (Lipinski definition) is 0. The van der Waals surface area contributed by atoms with Crippen molar-refractivity contribution in [2.45, 2.75) is 11.8 Å². The van der Waals surface area contributed by atoms with Gasteiger partial charge in [-0.15, -0.1) is 0 Å². The Morgan fingerprint density at radius 2 is 1.94 bits per heavy atom. The van der Waals surface area contributed by atoms with Gasteiger partial charge in [-0.05, 0) is 30.8 Å². The lowest BCUT2D eigenvalue weighted by Crippen LogP contribution is -2.16. The molecule has 0 saturated heterocycles. The zero-order valence-electron chi connectivity index (χ0n) is 9.28. The fraction of sp³-hybridized carbons (Fsp3) is 0.273. The van der Waals surface area contributed by atoms with Crippen LogP contribution in [0.2, 0.25) is 0 Å². The molecule has 0 aliphatic rings. The molecule has 0 unspecified atom stereocenters. The van der Waals surface area contributed by atoms with Crippen molar-refractivity contribution in [1.82, 2.24) is 4.90 Å². The molecule has 1 amide bonds. The fourth-order valence-corrected chi connectivity index (χ4v) is 1.98. The number of nitrogens with zero attached hydrogens (tertiary/aromatic N) is 1. The Labute approximate surface area is 97.6 Å². The summed E-state index contributed by atoms with van der Waals surface area (Å²) >= 11 is 0.847. The third-order valence-corrected chi connectivity index (χ3v) is 2.99. The molecule has 0 saturated carbocycles. The topological polar surface area (TPSA) is 37.4 Å². The van der Waals surface area contributed by atoms with E-state index < -0.39 is 5.82 Å². The zero-order chi connectivity index (χ0) is 12.3. The highest BCUT2D eigenvalue weighted by Gasteiger charge is 2.16. The molecule has 86 valence electrons. The average molecular weight is 241 g/mol. The van der Waals surface area contributed by atoms with Gasteiger partial charge in [-0.1, -0.05) is 6.07 Å². The molecule has 1 rings (SSSR count). The van der Waals surface area contributed by atoms with Crippen molar-refractivity contribution >= 4 is 22.8 Å². The number of thioether (sulfide) groups is 1. The van der Waals surface area contributed by atoms with Crippen LogP contribution in [0.25, 0.3) is 0 Å². The largest absolute Gasteiger partial charge is 0.339 e. The molecule has 0 aliphatic carbocycles. The van der Waals surface area contributed by atoms with Gasteiger partial charge in [0.05, 0.1) is 5.56 Å². The second kappa shape index (κ2) is 5.12. The number of amides is 1. The zero-order valence-corrected chi connectivity index (χ0v) is 10.1. The van der Waals surface area contributed by atoms with Crippen molar-refractivity contribution < 1.29 is 14.0 Å². The molecule has 0 radical (unpaired) electrons. The molecule has 0 atom stereocenters. The molecule has 1 aromatic rings. The predicted octanol–water partition coefficient (Wildman–Crippen LogP) is 2.80. The number of Topliss-reactive ketones (excluding diaryl/α,β-unsaturated/α-hetero) is 1. The molecule has 0 aromatic heterocycles. The van der Waals surface area contributed by atoms with Crippen LogP contribution in [-0.2, 0) is 0 Å². The minimum Gasteiger partial charge on any atom is -0.339 e. The summed E-state index contributed by atoms with van der Waals surface area (Å²) in [5.74, 6) is -0.976. The highest BCUT2D eigenvalue weighted by molar-refractivity contribution is 8.13. The number of carbonyl (C=O) groups is 2. The molecular formula is C11H12FNO2S. The van der Waals surface area contributed by atoms with E-state index in [-0.39, 0.29) is 16.6 Å². The first-order valence-electron chi connectivity index (χ1n) is 4.62. The van der Waals surface area contributed by atoms with Crippen molar-refractivity contribution in [3.63, 3.8) is 0 Å². The molecule has 3 nitrogen and oxygen atoms in total. The molecule has 0 bridgehead atoms. The summed E-state index contributed by atoms with van der Waals surface area (Å²) in [6, 6.07) is 4.25. The molecular weight excluding hydrogens is 229 g/mol. The summed E-state index contributed by atoms with van der Waals surface area (Å²) < 4.78 is 13.4. The molecule has 1 aromatic carbocycles.